The number of nitrogens with two attached hydrogens (primary N) is 1. The molecule has 3 N–H and O–H groups in total. The number of anilines is 1. The van der Waals surface area contributed by atoms with Crippen molar-refractivity contribution in [3.05, 3.63) is 28.2 Å². The number of nitrogens with one attached hydrogen (secondary N) is 1. The molecule has 1 amide bonds. The third kappa shape index (κ3) is 4.36. The Labute approximate surface area is 110 Å². The van der Waals surface area contributed by atoms with Crippen LogP contribution in [0, 0.1) is 0 Å². The van der Waals surface area contributed by atoms with E-state index < -0.39 is 0 Å². The number of rotatable bonds is 5. The summed E-state index contributed by atoms with van der Waals surface area (Å²) in [6.45, 7) is 3.91. The molecule has 0 spiro atoms. The summed E-state index contributed by atoms with van der Waals surface area (Å²) in [5.41, 5.74) is 7.72. The number of hydrogen-bond donors (Lipinski definition) is 2. The topological polar surface area (TPSA) is 58.4 Å². The fourth-order valence-corrected chi connectivity index (χ4v) is 1.89. The Hall–Kier alpha value is -1.07. The van der Waals surface area contributed by atoms with Crippen LogP contribution >= 0.6 is 15.9 Å². The molecule has 0 aromatic heterocycles. The molecule has 0 aliphatic carbocycles. The minimum atomic E-state index is 0.0162. The number of carbonyl (C=O) groups is 1. The highest BCUT2D eigenvalue weighted by Gasteiger charge is 2.10. The van der Waals surface area contributed by atoms with E-state index in [9.17, 15) is 4.79 Å². The second-order valence-corrected chi connectivity index (χ2v) is 4.74. The number of benzene rings is 1. The second kappa shape index (κ2) is 6.61. The van der Waals surface area contributed by atoms with E-state index in [1.54, 1.807) is 7.05 Å². The fraction of sp³-hybridized carbons (Fsp3) is 0.417. The van der Waals surface area contributed by atoms with Crippen LogP contribution in [0.3, 0.4) is 0 Å². The Morgan fingerprint density at radius 3 is 2.76 bits per heavy atom. The van der Waals surface area contributed by atoms with Gasteiger partial charge in [-0.15, -0.1) is 0 Å². The standard InChI is InChI=1S/C12H18BrN3O/c1-3-16(8-12(17)15-2)7-9-4-5-10(13)6-11(9)14/h4-6H,3,7-8,14H2,1-2H3,(H,15,17). The Morgan fingerprint density at radius 2 is 2.24 bits per heavy atom. The van der Waals surface area contributed by atoms with Crippen LogP contribution in [0.25, 0.3) is 0 Å². The molecule has 1 aromatic carbocycles. The molecule has 0 fully saturated rings. The summed E-state index contributed by atoms with van der Waals surface area (Å²) >= 11 is 3.37. The summed E-state index contributed by atoms with van der Waals surface area (Å²) < 4.78 is 0.966. The van der Waals surface area contributed by atoms with Crippen molar-refractivity contribution >= 4 is 27.5 Å². The lowest BCUT2D eigenvalue weighted by Crippen LogP contribution is -2.35. The normalized spacial score (nSPS) is 10.6. The average Bonchev–Trinajstić information content (AvgIpc) is 2.31. The van der Waals surface area contributed by atoms with E-state index in [4.69, 9.17) is 5.73 Å². The molecule has 0 aliphatic rings. The summed E-state index contributed by atoms with van der Waals surface area (Å²) in [6, 6.07) is 5.81. The summed E-state index contributed by atoms with van der Waals surface area (Å²) in [6.07, 6.45) is 0. The zero-order valence-corrected chi connectivity index (χ0v) is 11.8. The number of likely N-dealkylation sites (N-methyl/N-ethyl adjacent to an activating group) is 2. The average molecular weight is 300 g/mol. The van der Waals surface area contributed by atoms with Crippen LogP contribution < -0.4 is 11.1 Å². The number of amides is 1. The number of nitrogen functional groups attached to an aromatic ring is 1. The molecule has 0 heterocycles. The van der Waals surface area contributed by atoms with Crippen LogP contribution in [-0.2, 0) is 11.3 Å². The first-order chi connectivity index (χ1) is 8.06. The highest BCUT2D eigenvalue weighted by molar-refractivity contribution is 9.10. The molecular formula is C12H18BrN3O. The van der Waals surface area contributed by atoms with Gasteiger partial charge in [0, 0.05) is 23.8 Å². The summed E-state index contributed by atoms with van der Waals surface area (Å²) in [7, 11) is 1.64. The van der Waals surface area contributed by atoms with E-state index in [2.05, 4.69) is 21.2 Å². The smallest absolute Gasteiger partial charge is 0.233 e. The van der Waals surface area contributed by atoms with Crippen molar-refractivity contribution < 1.29 is 4.79 Å². The zero-order chi connectivity index (χ0) is 12.8. The maximum atomic E-state index is 11.3. The number of hydrogen-bond acceptors (Lipinski definition) is 3. The molecule has 0 unspecified atom stereocenters. The van der Waals surface area contributed by atoms with Gasteiger partial charge in [-0.2, -0.15) is 0 Å². The molecule has 17 heavy (non-hydrogen) atoms. The van der Waals surface area contributed by atoms with Crippen LogP contribution in [0.1, 0.15) is 12.5 Å². The van der Waals surface area contributed by atoms with E-state index in [-0.39, 0.29) is 5.91 Å². The van der Waals surface area contributed by atoms with Gasteiger partial charge in [-0.05, 0) is 24.2 Å². The maximum absolute atomic E-state index is 11.3. The van der Waals surface area contributed by atoms with Gasteiger partial charge in [0.15, 0.2) is 0 Å². The van der Waals surface area contributed by atoms with E-state index in [1.807, 2.05) is 30.0 Å². The predicted octanol–water partition coefficient (Wildman–Crippen LogP) is 1.60. The van der Waals surface area contributed by atoms with E-state index in [1.165, 1.54) is 0 Å². The largest absolute Gasteiger partial charge is 0.398 e. The van der Waals surface area contributed by atoms with Gasteiger partial charge < -0.3 is 11.1 Å². The van der Waals surface area contributed by atoms with Gasteiger partial charge in [-0.25, -0.2) is 0 Å². The maximum Gasteiger partial charge on any atom is 0.233 e. The van der Waals surface area contributed by atoms with Crippen molar-refractivity contribution in [2.45, 2.75) is 13.5 Å². The van der Waals surface area contributed by atoms with Crippen molar-refractivity contribution in [1.29, 1.82) is 0 Å². The van der Waals surface area contributed by atoms with Crippen molar-refractivity contribution in [3.63, 3.8) is 0 Å². The SMILES string of the molecule is CCN(CC(=O)NC)Cc1ccc(Br)cc1N. The predicted molar refractivity (Wildman–Crippen MR) is 73.6 cm³/mol. The van der Waals surface area contributed by atoms with Crippen LogP contribution in [0.15, 0.2) is 22.7 Å². The summed E-state index contributed by atoms with van der Waals surface area (Å²) in [5.74, 6) is 0.0162. The molecule has 0 saturated carbocycles. The van der Waals surface area contributed by atoms with Gasteiger partial charge in [-0.1, -0.05) is 28.9 Å². The fourth-order valence-electron chi connectivity index (χ4n) is 1.51. The number of carbonyl (C=O) groups excluding carboxylic acids is 1. The van der Waals surface area contributed by atoms with Crippen molar-refractivity contribution in [2.75, 3.05) is 25.9 Å². The lowest BCUT2D eigenvalue weighted by atomic mass is 10.1. The van der Waals surface area contributed by atoms with Gasteiger partial charge in [0.1, 0.15) is 0 Å². The molecular weight excluding hydrogens is 282 g/mol. The van der Waals surface area contributed by atoms with Gasteiger partial charge in [-0.3, -0.25) is 9.69 Å². The second-order valence-electron chi connectivity index (χ2n) is 3.82. The molecule has 94 valence electrons. The summed E-state index contributed by atoms with van der Waals surface area (Å²) in [5, 5.41) is 2.62. The van der Waals surface area contributed by atoms with Gasteiger partial charge >= 0.3 is 0 Å². The molecule has 4 nitrogen and oxygen atoms in total. The third-order valence-electron chi connectivity index (χ3n) is 2.60. The summed E-state index contributed by atoms with van der Waals surface area (Å²) in [4.78, 5) is 13.4. The first-order valence-corrected chi connectivity index (χ1v) is 6.33. The minimum absolute atomic E-state index is 0.0162. The van der Waals surface area contributed by atoms with Gasteiger partial charge in [0.05, 0.1) is 6.54 Å². The van der Waals surface area contributed by atoms with Crippen molar-refractivity contribution in [1.82, 2.24) is 10.2 Å². The Kier molecular flexibility index (Phi) is 5.44. The molecule has 5 heteroatoms. The number of nitrogens with zero attached hydrogens (tertiary/aromatic N) is 1. The highest BCUT2D eigenvalue weighted by Crippen LogP contribution is 2.19. The van der Waals surface area contributed by atoms with Crippen LogP contribution in [0.5, 0.6) is 0 Å². The van der Waals surface area contributed by atoms with Crippen molar-refractivity contribution in [3.8, 4) is 0 Å². The first kappa shape index (κ1) is 14.0. The monoisotopic (exact) mass is 299 g/mol. The van der Waals surface area contributed by atoms with Crippen LogP contribution in [0.2, 0.25) is 0 Å². The minimum Gasteiger partial charge on any atom is -0.398 e. The molecule has 0 aliphatic heterocycles. The van der Waals surface area contributed by atoms with Gasteiger partial charge in [0.25, 0.3) is 0 Å². The highest BCUT2D eigenvalue weighted by atomic mass is 79.9. The van der Waals surface area contributed by atoms with E-state index in [0.717, 1.165) is 22.3 Å². The molecule has 0 atom stereocenters. The number of halogens is 1. The van der Waals surface area contributed by atoms with E-state index in [0.29, 0.717) is 13.1 Å². The Bertz CT molecular complexity index is 395. The van der Waals surface area contributed by atoms with E-state index >= 15 is 0 Å². The molecule has 0 radical (unpaired) electrons. The van der Waals surface area contributed by atoms with Crippen molar-refractivity contribution in [2.24, 2.45) is 0 Å². The Balaban J connectivity index is 2.70. The molecule has 1 aromatic rings. The Morgan fingerprint density at radius 1 is 1.53 bits per heavy atom. The molecule has 1 rings (SSSR count). The van der Waals surface area contributed by atoms with Gasteiger partial charge in [0.2, 0.25) is 5.91 Å². The lowest BCUT2D eigenvalue weighted by molar-refractivity contribution is -0.121. The third-order valence-corrected chi connectivity index (χ3v) is 3.09. The quantitative estimate of drug-likeness (QED) is 0.812. The van der Waals surface area contributed by atoms with Crippen LogP contribution in [0.4, 0.5) is 5.69 Å². The zero-order valence-electron chi connectivity index (χ0n) is 10.2. The molecule has 0 saturated heterocycles. The van der Waals surface area contributed by atoms with Crippen LogP contribution in [-0.4, -0.2) is 30.9 Å². The first-order valence-electron chi connectivity index (χ1n) is 5.53. The molecule has 0 bridgehead atoms. The lowest BCUT2D eigenvalue weighted by Gasteiger charge is -2.20.